The summed E-state index contributed by atoms with van der Waals surface area (Å²) in [5.41, 5.74) is 3.70. The summed E-state index contributed by atoms with van der Waals surface area (Å²) < 4.78 is 4.88. The fraction of sp³-hybridized carbons (Fsp3) is 0.364. The molecule has 1 atom stereocenters. The Bertz CT molecular complexity index is 863. The van der Waals surface area contributed by atoms with Crippen molar-refractivity contribution in [2.75, 3.05) is 25.1 Å². The molecule has 2 aliphatic rings. The molecule has 5 heteroatoms. The smallest absolute Gasteiger partial charge is 0.337 e. The highest BCUT2D eigenvalue weighted by molar-refractivity contribution is 5.97. The van der Waals surface area contributed by atoms with Gasteiger partial charge in [0.25, 0.3) is 0 Å². The maximum atomic E-state index is 12.0. The first-order valence-electron chi connectivity index (χ1n) is 9.51. The molecule has 2 aliphatic heterocycles. The summed E-state index contributed by atoms with van der Waals surface area (Å²) >= 11 is 0. The minimum Gasteiger partial charge on any atom is -0.465 e. The second kappa shape index (κ2) is 7.43. The van der Waals surface area contributed by atoms with Crippen LogP contribution in [0.1, 0.15) is 35.7 Å². The molecule has 5 nitrogen and oxygen atoms in total. The number of nitrogens with zero attached hydrogens (tertiary/aromatic N) is 3. The van der Waals surface area contributed by atoms with Gasteiger partial charge in [-0.2, -0.15) is 0 Å². The number of fused-ring (bicyclic) bond motifs is 1. The number of anilines is 1. The highest BCUT2D eigenvalue weighted by atomic mass is 16.5. The Balaban J connectivity index is 1.71. The molecular weight excluding hydrogens is 338 g/mol. The fourth-order valence-corrected chi connectivity index (χ4v) is 3.97. The van der Waals surface area contributed by atoms with E-state index in [1.165, 1.54) is 25.5 Å². The van der Waals surface area contributed by atoms with Crippen molar-refractivity contribution in [3.63, 3.8) is 0 Å². The number of rotatable bonds is 3. The average molecular weight is 363 g/mol. The van der Waals surface area contributed by atoms with Crippen LogP contribution in [-0.4, -0.2) is 42.9 Å². The Hall–Kier alpha value is -2.82. The van der Waals surface area contributed by atoms with Gasteiger partial charge >= 0.3 is 5.97 Å². The number of carbonyl (C=O) groups excluding carboxylic acids is 1. The normalized spacial score (nSPS) is 18.9. The van der Waals surface area contributed by atoms with E-state index in [9.17, 15) is 4.79 Å². The number of methoxy groups -OCH3 is 1. The van der Waals surface area contributed by atoms with Crippen LogP contribution in [0.3, 0.4) is 0 Å². The predicted octanol–water partition coefficient (Wildman–Crippen LogP) is 4.01. The Morgan fingerprint density at radius 1 is 1.22 bits per heavy atom. The summed E-state index contributed by atoms with van der Waals surface area (Å²) in [6, 6.07) is 16.6. The third-order valence-electron chi connectivity index (χ3n) is 5.42. The fourth-order valence-electron chi connectivity index (χ4n) is 3.97. The zero-order valence-electron chi connectivity index (χ0n) is 15.9. The third-order valence-corrected chi connectivity index (χ3v) is 5.42. The van der Waals surface area contributed by atoms with Crippen molar-refractivity contribution in [2.24, 2.45) is 4.99 Å². The van der Waals surface area contributed by atoms with Gasteiger partial charge < -0.3 is 14.5 Å². The summed E-state index contributed by atoms with van der Waals surface area (Å²) in [7, 11) is 1.41. The molecule has 0 bridgehead atoms. The molecule has 4 rings (SSSR count). The molecule has 2 aromatic rings. The largest absolute Gasteiger partial charge is 0.465 e. The van der Waals surface area contributed by atoms with Gasteiger partial charge in [0.2, 0.25) is 0 Å². The first-order valence-corrected chi connectivity index (χ1v) is 9.51. The van der Waals surface area contributed by atoms with Gasteiger partial charge in [-0.1, -0.05) is 30.3 Å². The highest BCUT2D eigenvalue weighted by Gasteiger charge is 2.29. The zero-order chi connectivity index (χ0) is 18.8. The summed E-state index contributed by atoms with van der Waals surface area (Å²) in [5, 5.41) is 0. The van der Waals surface area contributed by atoms with Gasteiger partial charge in [-0.15, -0.1) is 0 Å². The van der Waals surface area contributed by atoms with Crippen LogP contribution in [0.2, 0.25) is 0 Å². The minimum atomic E-state index is -0.329. The summed E-state index contributed by atoms with van der Waals surface area (Å²) in [6.07, 6.45) is 2.40. The molecule has 27 heavy (non-hydrogen) atoms. The lowest BCUT2D eigenvalue weighted by Gasteiger charge is -2.35. The number of ether oxygens (including phenoxy) is 1. The van der Waals surface area contributed by atoms with Crippen molar-refractivity contribution >= 4 is 23.2 Å². The Labute approximate surface area is 160 Å². The molecular formula is C22H25N3O2. The maximum Gasteiger partial charge on any atom is 0.337 e. The van der Waals surface area contributed by atoms with Crippen LogP contribution in [-0.2, 0) is 11.3 Å². The molecule has 0 aromatic heterocycles. The molecule has 0 N–H and O–H groups in total. The van der Waals surface area contributed by atoms with E-state index >= 15 is 0 Å². The molecule has 1 fully saturated rings. The van der Waals surface area contributed by atoms with Gasteiger partial charge in [-0.3, -0.25) is 0 Å². The standard InChI is InChI=1S/C22H25N3O2/c1-16-7-6-12-25(16)21-15-24(14-17-8-4-3-5-9-17)20-11-10-18(22(26)27-2)13-19(20)23-21/h3-5,8-11,13,16H,6-7,12,14-15H2,1-2H3/t16-/m0/s1. The number of carbonyl (C=O) groups is 1. The van der Waals surface area contributed by atoms with Crippen molar-refractivity contribution in [2.45, 2.75) is 32.4 Å². The van der Waals surface area contributed by atoms with Crippen molar-refractivity contribution < 1.29 is 9.53 Å². The number of aliphatic imine (C=N–C) groups is 1. The first kappa shape index (κ1) is 17.6. The lowest BCUT2D eigenvalue weighted by atomic mass is 10.1. The van der Waals surface area contributed by atoms with E-state index in [0.717, 1.165) is 36.8 Å². The molecule has 0 spiro atoms. The quantitative estimate of drug-likeness (QED) is 0.773. The second-order valence-corrected chi connectivity index (χ2v) is 7.25. The van der Waals surface area contributed by atoms with E-state index < -0.39 is 0 Å². The third kappa shape index (κ3) is 3.54. The summed E-state index contributed by atoms with van der Waals surface area (Å²) in [5.74, 6) is 0.759. The topological polar surface area (TPSA) is 45.1 Å². The Kier molecular flexibility index (Phi) is 4.84. The molecule has 2 aromatic carbocycles. The van der Waals surface area contributed by atoms with Crippen LogP contribution < -0.4 is 4.90 Å². The molecule has 0 saturated carbocycles. The van der Waals surface area contributed by atoms with E-state index in [0.29, 0.717) is 11.6 Å². The molecule has 140 valence electrons. The summed E-state index contributed by atoms with van der Waals surface area (Å²) in [4.78, 5) is 21.7. The van der Waals surface area contributed by atoms with Gasteiger partial charge in [0, 0.05) is 19.1 Å². The predicted molar refractivity (Wildman–Crippen MR) is 108 cm³/mol. The van der Waals surface area contributed by atoms with E-state index in [2.05, 4.69) is 41.0 Å². The molecule has 2 heterocycles. The number of hydrogen-bond acceptors (Lipinski definition) is 5. The van der Waals surface area contributed by atoms with Crippen LogP contribution >= 0.6 is 0 Å². The molecule has 1 saturated heterocycles. The SMILES string of the molecule is COC(=O)c1ccc2c(c1)N=C(N1CCC[C@@H]1C)CN2Cc1ccccc1. The van der Waals surface area contributed by atoms with Crippen molar-refractivity contribution in [1.82, 2.24) is 4.90 Å². The van der Waals surface area contributed by atoms with E-state index in [4.69, 9.17) is 9.73 Å². The van der Waals surface area contributed by atoms with Crippen molar-refractivity contribution in [3.8, 4) is 0 Å². The maximum absolute atomic E-state index is 12.0. The van der Waals surface area contributed by atoms with E-state index in [-0.39, 0.29) is 5.97 Å². The summed E-state index contributed by atoms with van der Waals surface area (Å²) in [6.45, 7) is 4.90. The molecule has 0 amide bonds. The molecule has 0 radical (unpaired) electrons. The average Bonchev–Trinajstić information content (AvgIpc) is 3.13. The van der Waals surface area contributed by atoms with Gasteiger partial charge in [-0.25, -0.2) is 9.79 Å². The minimum absolute atomic E-state index is 0.329. The van der Waals surface area contributed by atoms with E-state index in [1.807, 2.05) is 24.3 Å². The molecule has 0 aliphatic carbocycles. The second-order valence-electron chi connectivity index (χ2n) is 7.25. The first-order chi connectivity index (χ1) is 13.2. The van der Waals surface area contributed by atoms with Crippen LogP contribution in [0.25, 0.3) is 0 Å². The number of hydrogen-bond donors (Lipinski definition) is 0. The Morgan fingerprint density at radius 3 is 2.74 bits per heavy atom. The van der Waals surface area contributed by atoms with Crippen molar-refractivity contribution in [3.05, 3.63) is 59.7 Å². The van der Waals surface area contributed by atoms with Crippen LogP contribution in [0, 0.1) is 0 Å². The van der Waals surface area contributed by atoms with Crippen LogP contribution in [0.4, 0.5) is 11.4 Å². The van der Waals surface area contributed by atoms with Crippen LogP contribution in [0.15, 0.2) is 53.5 Å². The monoisotopic (exact) mass is 363 g/mol. The number of amidine groups is 1. The number of benzene rings is 2. The van der Waals surface area contributed by atoms with Crippen LogP contribution in [0.5, 0.6) is 0 Å². The Morgan fingerprint density at radius 2 is 2.04 bits per heavy atom. The van der Waals surface area contributed by atoms with Crippen molar-refractivity contribution in [1.29, 1.82) is 0 Å². The van der Waals surface area contributed by atoms with Gasteiger partial charge in [0.05, 0.1) is 30.6 Å². The van der Waals surface area contributed by atoms with Gasteiger partial charge in [-0.05, 0) is 43.5 Å². The lowest BCUT2D eigenvalue weighted by Crippen LogP contribution is -2.43. The van der Waals surface area contributed by atoms with E-state index in [1.54, 1.807) is 0 Å². The molecule has 0 unspecified atom stereocenters. The van der Waals surface area contributed by atoms with Gasteiger partial charge in [0.15, 0.2) is 0 Å². The number of esters is 1. The number of likely N-dealkylation sites (tertiary alicyclic amines) is 1. The van der Waals surface area contributed by atoms with Gasteiger partial charge in [0.1, 0.15) is 5.84 Å². The lowest BCUT2D eigenvalue weighted by molar-refractivity contribution is 0.0601. The highest BCUT2D eigenvalue weighted by Crippen LogP contribution is 2.36. The zero-order valence-corrected chi connectivity index (χ0v) is 15.9.